The van der Waals surface area contributed by atoms with Crippen molar-refractivity contribution >= 4 is 21.7 Å². The number of rotatable bonds is 5. The lowest BCUT2D eigenvalue weighted by Gasteiger charge is -2.31. The van der Waals surface area contributed by atoms with E-state index in [0.717, 1.165) is 5.56 Å². The van der Waals surface area contributed by atoms with Crippen LogP contribution >= 0.6 is 0 Å². The van der Waals surface area contributed by atoms with E-state index in [1.54, 1.807) is 31.2 Å². The summed E-state index contributed by atoms with van der Waals surface area (Å²) in [6, 6.07) is 6.42. The number of nitrogens with one attached hydrogen (secondary N) is 1. The molecule has 2 rings (SSSR count). The van der Waals surface area contributed by atoms with Crippen LogP contribution in [0.3, 0.4) is 0 Å². The topological polar surface area (TPSA) is 92.8 Å². The second-order valence-corrected chi connectivity index (χ2v) is 8.07. The zero-order valence-corrected chi connectivity index (χ0v) is 14.6. The van der Waals surface area contributed by atoms with Gasteiger partial charge in [0, 0.05) is 19.6 Å². The van der Waals surface area contributed by atoms with Gasteiger partial charge in [-0.15, -0.1) is 0 Å². The van der Waals surface area contributed by atoms with Gasteiger partial charge in [0.05, 0.1) is 30.2 Å². The summed E-state index contributed by atoms with van der Waals surface area (Å²) < 4.78 is 27.5. The molecule has 1 aliphatic heterocycles. The lowest BCUT2D eigenvalue weighted by molar-refractivity contribution is -0.126. The number of hydrogen-bond acceptors (Lipinski definition) is 6. The summed E-state index contributed by atoms with van der Waals surface area (Å²) in [5.41, 5.74) is 1.32. The van der Waals surface area contributed by atoms with Gasteiger partial charge in [-0.3, -0.25) is 9.69 Å². The Hall–Kier alpha value is -1.93. The highest BCUT2D eigenvalue weighted by atomic mass is 32.2. The molecule has 0 spiro atoms. The molecule has 1 saturated heterocycles. The molecule has 7 nitrogen and oxygen atoms in total. The predicted molar refractivity (Wildman–Crippen MR) is 89.3 cm³/mol. The molecule has 0 aliphatic carbocycles. The van der Waals surface area contributed by atoms with Gasteiger partial charge in [0.15, 0.2) is 9.84 Å². The van der Waals surface area contributed by atoms with E-state index < -0.39 is 15.8 Å². The molecular formula is C16H22N2O5S. The van der Waals surface area contributed by atoms with E-state index in [9.17, 15) is 18.0 Å². The Morgan fingerprint density at radius 1 is 1.21 bits per heavy atom. The zero-order valence-electron chi connectivity index (χ0n) is 13.8. The summed E-state index contributed by atoms with van der Waals surface area (Å²) in [7, 11) is -1.63. The van der Waals surface area contributed by atoms with E-state index in [4.69, 9.17) is 0 Å². The van der Waals surface area contributed by atoms with Gasteiger partial charge in [-0.2, -0.15) is 0 Å². The molecule has 24 heavy (non-hydrogen) atoms. The summed E-state index contributed by atoms with van der Waals surface area (Å²) in [4.78, 5) is 25.5. The fraction of sp³-hybridized carbons (Fsp3) is 0.500. The number of sulfone groups is 1. The molecular weight excluding hydrogens is 332 g/mol. The largest absolute Gasteiger partial charge is 0.465 e. The van der Waals surface area contributed by atoms with Gasteiger partial charge in [-0.1, -0.05) is 12.1 Å². The molecule has 0 unspecified atom stereocenters. The van der Waals surface area contributed by atoms with Crippen LogP contribution in [0.15, 0.2) is 24.3 Å². The lowest BCUT2D eigenvalue weighted by Crippen LogP contribution is -2.50. The molecule has 1 fully saturated rings. The normalized spacial score (nSPS) is 18.6. The molecule has 132 valence electrons. The van der Waals surface area contributed by atoms with Crippen molar-refractivity contribution in [2.24, 2.45) is 0 Å². The molecule has 1 heterocycles. The third-order valence-electron chi connectivity index (χ3n) is 4.15. The Bertz CT molecular complexity index is 686. The molecule has 1 amide bonds. The second-order valence-electron chi connectivity index (χ2n) is 5.77. The van der Waals surface area contributed by atoms with E-state index in [-0.39, 0.29) is 23.5 Å². The van der Waals surface area contributed by atoms with E-state index in [2.05, 4.69) is 10.1 Å². The van der Waals surface area contributed by atoms with Crippen LogP contribution < -0.4 is 5.32 Å². The maximum absolute atomic E-state index is 12.2. The first-order chi connectivity index (χ1) is 11.3. The third kappa shape index (κ3) is 4.78. The van der Waals surface area contributed by atoms with Crippen molar-refractivity contribution in [1.29, 1.82) is 0 Å². The summed E-state index contributed by atoms with van der Waals surface area (Å²) >= 11 is 0. The van der Waals surface area contributed by atoms with Gasteiger partial charge in [-0.05, 0) is 24.6 Å². The van der Waals surface area contributed by atoms with Crippen LogP contribution in [0.25, 0.3) is 0 Å². The van der Waals surface area contributed by atoms with Crippen molar-refractivity contribution in [1.82, 2.24) is 10.2 Å². The van der Waals surface area contributed by atoms with Gasteiger partial charge < -0.3 is 10.1 Å². The lowest BCUT2D eigenvalue weighted by atomic mass is 10.1. The maximum Gasteiger partial charge on any atom is 0.337 e. The molecule has 1 N–H and O–H groups in total. The summed E-state index contributed by atoms with van der Waals surface area (Å²) in [5, 5.41) is 2.83. The van der Waals surface area contributed by atoms with Crippen LogP contribution in [0.1, 0.15) is 22.8 Å². The summed E-state index contributed by atoms with van der Waals surface area (Å²) in [6.45, 7) is 2.87. The minimum atomic E-state index is -2.95. The molecule has 1 aromatic carbocycles. The Morgan fingerprint density at radius 2 is 1.79 bits per heavy atom. The first kappa shape index (κ1) is 18.4. The van der Waals surface area contributed by atoms with Crippen molar-refractivity contribution in [3.05, 3.63) is 35.4 Å². The van der Waals surface area contributed by atoms with Gasteiger partial charge >= 0.3 is 5.97 Å². The van der Waals surface area contributed by atoms with Gasteiger partial charge in [0.1, 0.15) is 0 Å². The number of ether oxygens (including phenoxy) is 1. The number of carbonyl (C=O) groups is 2. The molecule has 1 atom stereocenters. The van der Waals surface area contributed by atoms with E-state index in [1.165, 1.54) is 7.11 Å². The molecule has 0 radical (unpaired) electrons. The van der Waals surface area contributed by atoms with Crippen molar-refractivity contribution in [2.75, 3.05) is 31.7 Å². The van der Waals surface area contributed by atoms with Gasteiger partial charge in [-0.25, -0.2) is 13.2 Å². The monoisotopic (exact) mass is 354 g/mol. The Labute approximate surface area is 141 Å². The molecule has 1 aromatic rings. The minimum absolute atomic E-state index is 0.0968. The highest BCUT2D eigenvalue weighted by molar-refractivity contribution is 7.91. The highest BCUT2D eigenvalue weighted by Crippen LogP contribution is 2.09. The maximum atomic E-state index is 12.2. The number of esters is 1. The molecule has 0 saturated carbocycles. The number of benzene rings is 1. The van der Waals surface area contributed by atoms with Crippen LogP contribution in [0, 0.1) is 0 Å². The van der Waals surface area contributed by atoms with E-state index in [0.29, 0.717) is 25.2 Å². The quantitative estimate of drug-likeness (QED) is 0.760. The fourth-order valence-electron chi connectivity index (χ4n) is 2.49. The average Bonchev–Trinajstić information content (AvgIpc) is 2.58. The van der Waals surface area contributed by atoms with Crippen molar-refractivity contribution in [2.45, 2.75) is 19.5 Å². The number of amides is 1. The van der Waals surface area contributed by atoms with Crippen molar-refractivity contribution in [3.8, 4) is 0 Å². The van der Waals surface area contributed by atoms with Crippen LogP contribution in [0.5, 0.6) is 0 Å². The highest BCUT2D eigenvalue weighted by Gasteiger charge is 2.28. The molecule has 8 heteroatoms. The van der Waals surface area contributed by atoms with E-state index in [1.807, 2.05) is 4.90 Å². The SMILES string of the molecule is COC(=O)c1ccc(CNC(=O)[C@H](C)N2CCS(=O)(=O)CC2)cc1. The Morgan fingerprint density at radius 3 is 2.33 bits per heavy atom. The Balaban J connectivity index is 1.85. The Kier molecular flexibility index (Phi) is 5.95. The third-order valence-corrected chi connectivity index (χ3v) is 5.76. The van der Waals surface area contributed by atoms with Crippen LogP contribution in [-0.2, 0) is 25.9 Å². The van der Waals surface area contributed by atoms with Gasteiger partial charge in [0.25, 0.3) is 0 Å². The molecule has 0 aromatic heterocycles. The molecule has 0 bridgehead atoms. The van der Waals surface area contributed by atoms with Crippen molar-refractivity contribution in [3.63, 3.8) is 0 Å². The number of methoxy groups -OCH3 is 1. The minimum Gasteiger partial charge on any atom is -0.465 e. The standard InChI is InChI=1S/C16H22N2O5S/c1-12(18-7-9-24(21,22)10-8-18)15(19)17-11-13-3-5-14(6-4-13)16(20)23-2/h3-6,12H,7-11H2,1-2H3,(H,17,19)/t12-/m0/s1. The van der Waals surface area contributed by atoms with E-state index >= 15 is 0 Å². The first-order valence-corrected chi connectivity index (χ1v) is 9.54. The first-order valence-electron chi connectivity index (χ1n) is 7.72. The predicted octanol–water partition coefficient (Wildman–Crippen LogP) is 0.208. The number of hydrogen-bond donors (Lipinski definition) is 1. The van der Waals surface area contributed by atoms with Crippen LogP contribution in [0.4, 0.5) is 0 Å². The average molecular weight is 354 g/mol. The smallest absolute Gasteiger partial charge is 0.337 e. The molecule has 1 aliphatic rings. The fourth-order valence-corrected chi connectivity index (χ4v) is 3.72. The van der Waals surface area contributed by atoms with Crippen molar-refractivity contribution < 1.29 is 22.7 Å². The number of nitrogens with zero attached hydrogens (tertiary/aromatic N) is 1. The second kappa shape index (κ2) is 7.76. The summed E-state index contributed by atoms with van der Waals surface area (Å²) in [6.07, 6.45) is 0. The zero-order chi connectivity index (χ0) is 17.7. The van der Waals surface area contributed by atoms with Crippen LogP contribution in [-0.4, -0.2) is 62.9 Å². The van der Waals surface area contributed by atoms with Gasteiger partial charge in [0.2, 0.25) is 5.91 Å². The summed E-state index contributed by atoms with van der Waals surface area (Å²) in [5.74, 6) is -0.357. The number of carbonyl (C=O) groups excluding carboxylic acids is 2. The van der Waals surface area contributed by atoms with Crippen LogP contribution in [0.2, 0.25) is 0 Å².